The number of nitrogens with two attached hydrogens (primary N) is 1. The quantitative estimate of drug-likeness (QED) is 0.484. The Kier molecular flexibility index (Phi) is 12.2. The van der Waals surface area contributed by atoms with Gasteiger partial charge in [-0.2, -0.15) is 0 Å². The third-order valence-electron chi connectivity index (χ3n) is 3.93. The predicted molar refractivity (Wildman–Crippen MR) is 115 cm³/mol. The number of aromatic nitrogens is 2. The number of hydrogen-bond acceptors (Lipinski definition) is 4. The molecule has 0 saturated carbocycles. The van der Waals surface area contributed by atoms with Gasteiger partial charge in [0.1, 0.15) is 6.04 Å². The number of benzene rings is 1. The van der Waals surface area contributed by atoms with Crippen molar-refractivity contribution in [1.82, 2.24) is 20.6 Å². The summed E-state index contributed by atoms with van der Waals surface area (Å²) in [5.41, 5.74) is 7.73. The Morgan fingerprint density at radius 2 is 1.79 bits per heavy atom. The molecule has 2 amide bonds. The summed E-state index contributed by atoms with van der Waals surface area (Å²) >= 11 is 0. The lowest BCUT2D eigenvalue weighted by Crippen LogP contribution is -2.53. The lowest BCUT2D eigenvalue weighted by molar-refractivity contribution is -0.129. The zero-order valence-corrected chi connectivity index (χ0v) is 17.7. The Hall–Kier alpha value is -2.09. The zero-order valence-electron chi connectivity index (χ0n) is 16.1. The smallest absolute Gasteiger partial charge is 0.242 e. The standard InChI is InChI=1S/C19H27N5O2.2ClH/c1-13(2)10-22-19(26)17(8-14-6-4-3-5-7-14)24-18(25)16(20)9-15-11-21-12-23-15;;/h3-7,11-13,16-17H,8-10,20H2,1-2H3,(H,21,23)(H,22,26)(H,24,25);2*1H/t16-,17-;;/m1../s1. The minimum absolute atomic E-state index is 0. The molecule has 2 atom stereocenters. The third-order valence-corrected chi connectivity index (χ3v) is 3.93. The van der Waals surface area contributed by atoms with E-state index in [1.807, 2.05) is 44.2 Å². The first-order valence-electron chi connectivity index (χ1n) is 8.80. The number of nitrogens with one attached hydrogen (secondary N) is 3. The number of hydrogen-bond donors (Lipinski definition) is 4. The Morgan fingerprint density at radius 3 is 2.36 bits per heavy atom. The van der Waals surface area contributed by atoms with Crippen LogP contribution in [0.4, 0.5) is 0 Å². The molecule has 2 aromatic rings. The topological polar surface area (TPSA) is 113 Å². The number of H-pyrrole nitrogens is 1. The monoisotopic (exact) mass is 429 g/mol. The largest absolute Gasteiger partial charge is 0.354 e. The van der Waals surface area contributed by atoms with E-state index in [2.05, 4.69) is 20.6 Å². The van der Waals surface area contributed by atoms with Crippen LogP contribution in [0, 0.1) is 5.92 Å². The van der Waals surface area contributed by atoms with Gasteiger partial charge in [0, 0.05) is 31.3 Å². The Labute approximate surface area is 178 Å². The molecule has 0 saturated heterocycles. The Morgan fingerprint density at radius 1 is 1.11 bits per heavy atom. The molecule has 0 radical (unpaired) electrons. The lowest BCUT2D eigenvalue weighted by atomic mass is 10.0. The van der Waals surface area contributed by atoms with Crippen molar-refractivity contribution in [3.63, 3.8) is 0 Å². The highest BCUT2D eigenvalue weighted by Crippen LogP contribution is 2.05. The highest BCUT2D eigenvalue weighted by Gasteiger charge is 2.24. The molecule has 0 fully saturated rings. The van der Waals surface area contributed by atoms with E-state index in [-0.39, 0.29) is 36.6 Å². The molecule has 1 aromatic heterocycles. The van der Waals surface area contributed by atoms with Crippen LogP contribution in [0.25, 0.3) is 0 Å². The number of rotatable bonds is 9. The Balaban J connectivity index is 0.00000364. The van der Waals surface area contributed by atoms with Gasteiger partial charge in [0.25, 0.3) is 0 Å². The van der Waals surface area contributed by atoms with E-state index in [4.69, 9.17) is 5.73 Å². The van der Waals surface area contributed by atoms with Crippen LogP contribution in [0.2, 0.25) is 0 Å². The first-order chi connectivity index (χ1) is 12.5. The molecule has 0 bridgehead atoms. The number of imidazole rings is 1. The van der Waals surface area contributed by atoms with Crippen molar-refractivity contribution in [3.8, 4) is 0 Å². The highest BCUT2D eigenvalue weighted by atomic mass is 35.5. The fraction of sp³-hybridized carbons (Fsp3) is 0.421. The molecule has 0 aliphatic rings. The molecule has 156 valence electrons. The molecular formula is C19H29Cl2N5O2. The molecule has 1 heterocycles. The van der Waals surface area contributed by atoms with Gasteiger partial charge >= 0.3 is 0 Å². The van der Waals surface area contributed by atoms with Crippen LogP contribution < -0.4 is 16.4 Å². The highest BCUT2D eigenvalue weighted by molar-refractivity contribution is 5.90. The van der Waals surface area contributed by atoms with Gasteiger partial charge in [0.15, 0.2) is 0 Å². The van der Waals surface area contributed by atoms with E-state index >= 15 is 0 Å². The number of nitrogens with zero attached hydrogens (tertiary/aromatic N) is 1. The van der Waals surface area contributed by atoms with Gasteiger partial charge in [-0.1, -0.05) is 44.2 Å². The van der Waals surface area contributed by atoms with E-state index in [0.29, 0.717) is 25.3 Å². The van der Waals surface area contributed by atoms with E-state index < -0.39 is 12.1 Å². The first-order valence-corrected chi connectivity index (χ1v) is 8.80. The fourth-order valence-corrected chi connectivity index (χ4v) is 2.49. The van der Waals surface area contributed by atoms with Crippen LogP contribution in [0.15, 0.2) is 42.9 Å². The van der Waals surface area contributed by atoms with Crippen molar-refractivity contribution < 1.29 is 9.59 Å². The summed E-state index contributed by atoms with van der Waals surface area (Å²) in [5.74, 6) is -0.237. The van der Waals surface area contributed by atoms with Gasteiger partial charge in [-0.25, -0.2) is 4.98 Å². The van der Waals surface area contributed by atoms with Gasteiger partial charge < -0.3 is 21.4 Å². The molecule has 0 aliphatic heterocycles. The van der Waals surface area contributed by atoms with Crippen molar-refractivity contribution in [2.75, 3.05) is 6.54 Å². The average Bonchev–Trinajstić information content (AvgIpc) is 3.12. The van der Waals surface area contributed by atoms with Gasteiger partial charge in [-0.05, 0) is 11.5 Å². The molecule has 9 heteroatoms. The predicted octanol–water partition coefficient (Wildman–Crippen LogP) is 1.62. The molecule has 2 rings (SSSR count). The molecule has 0 aliphatic carbocycles. The molecule has 1 aromatic carbocycles. The van der Waals surface area contributed by atoms with Crippen molar-refractivity contribution in [2.45, 2.75) is 38.8 Å². The third kappa shape index (κ3) is 8.73. The van der Waals surface area contributed by atoms with Gasteiger partial charge in [-0.3, -0.25) is 9.59 Å². The van der Waals surface area contributed by atoms with Crippen LogP contribution in [-0.4, -0.2) is 40.4 Å². The summed E-state index contributed by atoms with van der Waals surface area (Å²) in [6, 6.07) is 8.16. The van der Waals surface area contributed by atoms with Gasteiger partial charge in [0.05, 0.1) is 12.4 Å². The summed E-state index contributed by atoms with van der Waals surface area (Å²) in [4.78, 5) is 31.8. The van der Waals surface area contributed by atoms with Crippen molar-refractivity contribution in [1.29, 1.82) is 0 Å². The second-order valence-electron chi connectivity index (χ2n) is 6.78. The summed E-state index contributed by atoms with van der Waals surface area (Å²) < 4.78 is 0. The van der Waals surface area contributed by atoms with E-state index in [1.54, 1.807) is 6.20 Å². The minimum Gasteiger partial charge on any atom is -0.354 e. The van der Waals surface area contributed by atoms with Gasteiger partial charge in [-0.15, -0.1) is 24.8 Å². The maximum Gasteiger partial charge on any atom is 0.242 e. The number of carbonyl (C=O) groups excluding carboxylic acids is 2. The first kappa shape index (κ1) is 25.9. The summed E-state index contributed by atoms with van der Waals surface area (Å²) in [6.07, 6.45) is 3.91. The molecule has 0 spiro atoms. The minimum atomic E-state index is -0.758. The van der Waals surface area contributed by atoms with Crippen LogP contribution in [-0.2, 0) is 22.4 Å². The summed E-state index contributed by atoms with van der Waals surface area (Å²) in [7, 11) is 0. The van der Waals surface area contributed by atoms with Crippen LogP contribution in [0.3, 0.4) is 0 Å². The van der Waals surface area contributed by atoms with Crippen molar-refractivity contribution in [3.05, 3.63) is 54.1 Å². The second kappa shape index (κ2) is 13.1. The van der Waals surface area contributed by atoms with Gasteiger partial charge in [0.2, 0.25) is 11.8 Å². The molecule has 7 nitrogen and oxygen atoms in total. The van der Waals surface area contributed by atoms with E-state index in [9.17, 15) is 9.59 Å². The second-order valence-corrected chi connectivity index (χ2v) is 6.78. The number of halogens is 2. The van der Waals surface area contributed by atoms with Crippen molar-refractivity contribution in [2.24, 2.45) is 11.7 Å². The number of carbonyl (C=O) groups is 2. The normalized spacial score (nSPS) is 12.3. The summed E-state index contributed by atoms with van der Waals surface area (Å²) in [6.45, 7) is 4.59. The van der Waals surface area contributed by atoms with Crippen molar-refractivity contribution >= 4 is 36.6 Å². The van der Waals surface area contributed by atoms with E-state index in [1.165, 1.54) is 6.33 Å². The zero-order chi connectivity index (χ0) is 18.9. The van der Waals surface area contributed by atoms with Crippen LogP contribution in [0.1, 0.15) is 25.1 Å². The number of amides is 2. The molecule has 5 N–H and O–H groups in total. The maximum atomic E-state index is 12.5. The molecule has 28 heavy (non-hydrogen) atoms. The van der Waals surface area contributed by atoms with Crippen LogP contribution in [0.5, 0.6) is 0 Å². The van der Waals surface area contributed by atoms with E-state index in [0.717, 1.165) is 11.3 Å². The summed E-state index contributed by atoms with van der Waals surface area (Å²) in [5, 5.41) is 5.67. The molecule has 0 unspecified atom stereocenters. The lowest BCUT2D eigenvalue weighted by Gasteiger charge is -2.21. The average molecular weight is 430 g/mol. The SMILES string of the molecule is CC(C)CNC(=O)[C@@H](Cc1ccccc1)NC(=O)[C@H](N)Cc1cnc[nH]1.Cl.Cl. The maximum absolute atomic E-state index is 12.5. The Bertz CT molecular complexity index is 696. The molecular weight excluding hydrogens is 401 g/mol. The van der Waals surface area contributed by atoms with Crippen LogP contribution >= 0.6 is 24.8 Å². The fourth-order valence-electron chi connectivity index (χ4n) is 2.49. The number of aromatic amines is 1.